The minimum absolute atomic E-state index is 0.194. The van der Waals surface area contributed by atoms with Gasteiger partial charge in [-0.3, -0.25) is 4.79 Å². The zero-order valence-corrected chi connectivity index (χ0v) is 12.2. The highest BCUT2D eigenvalue weighted by atomic mass is 79.9. The fourth-order valence-electron chi connectivity index (χ4n) is 1.66. The van der Waals surface area contributed by atoms with Gasteiger partial charge in [0, 0.05) is 16.2 Å². The number of aromatic nitrogens is 1. The van der Waals surface area contributed by atoms with Crippen LogP contribution in [0.3, 0.4) is 0 Å². The van der Waals surface area contributed by atoms with Crippen molar-refractivity contribution in [3.05, 3.63) is 52.1 Å². The molecule has 0 fully saturated rings. The summed E-state index contributed by atoms with van der Waals surface area (Å²) in [5.41, 5.74) is 1.49. The third kappa shape index (κ3) is 3.32. The first kappa shape index (κ1) is 13.5. The molecule has 0 radical (unpaired) electrons. The van der Waals surface area contributed by atoms with Gasteiger partial charge in [-0.05, 0) is 58.7 Å². The summed E-state index contributed by atoms with van der Waals surface area (Å²) in [4.78, 5) is 16.1. The van der Waals surface area contributed by atoms with E-state index in [9.17, 15) is 4.79 Å². The van der Waals surface area contributed by atoms with Crippen LogP contribution in [0.1, 0.15) is 15.9 Å². The fraction of sp³-hybridized carbons (Fsp3) is 0.143. The highest BCUT2D eigenvalue weighted by molar-refractivity contribution is 9.10. The second kappa shape index (κ2) is 5.84. The van der Waals surface area contributed by atoms with E-state index in [4.69, 9.17) is 4.74 Å². The Morgan fingerprint density at radius 3 is 2.68 bits per heavy atom. The molecule has 2 rings (SSSR count). The fourth-order valence-corrected chi connectivity index (χ4v) is 1.89. The van der Waals surface area contributed by atoms with Gasteiger partial charge in [0.1, 0.15) is 11.6 Å². The number of methoxy groups -OCH3 is 1. The van der Waals surface area contributed by atoms with Gasteiger partial charge >= 0.3 is 0 Å². The van der Waals surface area contributed by atoms with Gasteiger partial charge < -0.3 is 10.1 Å². The van der Waals surface area contributed by atoms with Crippen molar-refractivity contribution < 1.29 is 9.53 Å². The summed E-state index contributed by atoms with van der Waals surface area (Å²) < 4.78 is 6.03. The summed E-state index contributed by atoms with van der Waals surface area (Å²) in [5.74, 6) is 1.08. The monoisotopic (exact) mass is 320 g/mol. The van der Waals surface area contributed by atoms with E-state index in [0.717, 1.165) is 15.8 Å². The minimum atomic E-state index is -0.194. The average molecular weight is 321 g/mol. The van der Waals surface area contributed by atoms with Gasteiger partial charge in [0.25, 0.3) is 5.91 Å². The summed E-state index contributed by atoms with van der Waals surface area (Å²) >= 11 is 3.29. The van der Waals surface area contributed by atoms with Crippen LogP contribution in [0, 0.1) is 6.92 Å². The predicted molar refractivity (Wildman–Crippen MR) is 77.6 cm³/mol. The number of nitrogens with one attached hydrogen (secondary N) is 1. The van der Waals surface area contributed by atoms with E-state index in [0.29, 0.717) is 11.4 Å². The first-order chi connectivity index (χ1) is 9.10. The van der Waals surface area contributed by atoms with Crippen molar-refractivity contribution in [3.63, 3.8) is 0 Å². The second-order valence-electron chi connectivity index (χ2n) is 4.00. The van der Waals surface area contributed by atoms with Crippen LogP contribution in [-0.4, -0.2) is 18.0 Å². The lowest BCUT2D eigenvalue weighted by Crippen LogP contribution is -2.13. The third-order valence-corrected chi connectivity index (χ3v) is 3.10. The molecule has 1 heterocycles. The number of hydrogen-bond donors (Lipinski definition) is 1. The van der Waals surface area contributed by atoms with Gasteiger partial charge in [0.2, 0.25) is 0 Å². The van der Waals surface area contributed by atoms with E-state index in [1.165, 1.54) is 0 Å². The third-order valence-electron chi connectivity index (χ3n) is 2.63. The van der Waals surface area contributed by atoms with Crippen molar-refractivity contribution in [1.29, 1.82) is 0 Å². The SMILES string of the molecule is COc1ccc(C(=O)Nc2ccc(Br)cn2)cc1C. The Balaban J connectivity index is 2.16. The number of carbonyl (C=O) groups is 1. The summed E-state index contributed by atoms with van der Waals surface area (Å²) in [7, 11) is 1.60. The molecule has 1 N–H and O–H groups in total. The molecule has 1 amide bonds. The van der Waals surface area contributed by atoms with E-state index < -0.39 is 0 Å². The Bertz CT molecular complexity index is 597. The molecule has 0 aliphatic heterocycles. The van der Waals surface area contributed by atoms with E-state index in [1.54, 1.807) is 37.6 Å². The number of nitrogens with zero attached hydrogens (tertiary/aromatic N) is 1. The molecule has 2 aromatic rings. The summed E-state index contributed by atoms with van der Waals surface area (Å²) in [5, 5.41) is 2.74. The first-order valence-corrected chi connectivity index (χ1v) is 6.47. The van der Waals surface area contributed by atoms with Gasteiger partial charge in [-0.25, -0.2) is 4.98 Å². The lowest BCUT2D eigenvalue weighted by Gasteiger charge is -2.08. The van der Waals surface area contributed by atoms with Crippen LogP contribution in [0.4, 0.5) is 5.82 Å². The highest BCUT2D eigenvalue weighted by Gasteiger charge is 2.08. The number of anilines is 1. The maximum Gasteiger partial charge on any atom is 0.256 e. The number of carbonyl (C=O) groups excluding carboxylic acids is 1. The van der Waals surface area contributed by atoms with E-state index >= 15 is 0 Å². The Morgan fingerprint density at radius 1 is 1.32 bits per heavy atom. The molecule has 5 heteroatoms. The molecule has 0 aliphatic rings. The Hall–Kier alpha value is -1.88. The lowest BCUT2D eigenvalue weighted by atomic mass is 10.1. The van der Waals surface area contributed by atoms with Crippen LogP contribution >= 0.6 is 15.9 Å². The molecular weight excluding hydrogens is 308 g/mol. The van der Waals surface area contributed by atoms with Gasteiger partial charge in [-0.15, -0.1) is 0 Å². The van der Waals surface area contributed by atoms with Gasteiger partial charge in [-0.2, -0.15) is 0 Å². The van der Waals surface area contributed by atoms with Crippen molar-refractivity contribution in [1.82, 2.24) is 4.98 Å². The molecule has 0 atom stereocenters. The Labute approximate surface area is 119 Å². The lowest BCUT2D eigenvalue weighted by molar-refractivity contribution is 0.102. The summed E-state index contributed by atoms with van der Waals surface area (Å²) in [6.07, 6.45) is 1.63. The normalized spacial score (nSPS) is 10.1. The number of pyridine rings is 1. The smallest absolute Gasteiger partial charge is 0.256 e. The molecule has 1 aromatic heterocycles. The number of aryl methyl sites for hydroxylation is 1. The molecule has 0 spiro atoms. The van der Waals surface area contributed by atoms with Crippen LogP contribution in [0.2, 0.25) is 0 Å². The maximum atomic E-state index is 12.0. The molecular formula is C14H13BrN2O2. The molecule has 4 nitrogen and oxygen atoms in total. The molecule has 98 valence electrons. The van der Waals surface area contributed by atoms with Crippen LogP contribution in [0.15, 0.2) is 41.0 Å². The van der Waals surface area contributed by atoms with Gasteiger partial charge in [0.15, 0.2) is 0 Å². The number of benzene rings is 1. The second-order valence-corrected chi connectivity index (χ2v) is 4.92. The molecule has 0 aliphatic carbocycles. The molecule has 0 saturated carbocycles. The minimum Gasteiger partial charge on any atom is -0.496 e. The van der Waals surface area contributed by atoms with Crippen molar-refractivity contribution in [2.45, 2.75) is 6.92 Å². The molecule has 0 saturated heterocycles. The summed E-state index contributed by atoms with van der Waals surface area (Å²) in [6, 6.07) is 8.84. The summed E-state index contributed by atoms with van der Waals surface area (Å²) in [6.45, 7) is 1.90. The van der Waals surface area contributed by atoms with Crippen molar-refractivity contribution in [2.24, 2.45) is 0 Å². The van der Waals surface area contributed by atoms with Gasteiger partial charge in [0.05, 0.1) is 7.11 Å². The maximum absolute atomic E-state index is 12.0. The van der Waals surface area contributed by atoms with Crippen molar-refractivity contribution in [2.75, 3.05) is 12.4 Å². The van der Waals surface area contributed by atoms with E-state index in [1.807, 2.05) is 13.0 Å². The number of halogens is 1. The van der Waals surface area contributed by atoms with Crippen LogP contribution in [0.5, 0.6) is 5.75 Å². The number of ether oxygens (including phenoxy) is 1. The standard InChI is InChI=1S/C14H13BrN2O2/c1-9-7-10(3-5-12(9)19-2)14(18)17-13-6-4-11(15)8-16-13/h3-8H,1-2H3,(H,16,17,18). The van der Waals surface area contributed by atoms with Crippen molar-refractivity contribution >= 4 is 27.7 Å². The molecule has 0 bridgehead atoms. The van der Waals surface area contributed by atoms with E-state index in [-0.39, 0.29) is 5.91 Å². The Kier molecular flexibility index (Phi) is 4.16. The number of rotatable bonds is 3. The topological polar surface area (TPSA) is 51.2 Å². The molecule has 1 aromatic carbocycles. The average Bonchev–Trinajstić information content (AvgIpc) is 2.41. The zero-order chi connectivity index (χ0) is 13.8. The van der Waals surface area contributed by atoms with Crippen LogP contribution in [0.25, 0.3) is 0 Å². The zero-order valence-electron chi connectivity index (χ0n) is 10.6. The first-order valence-electron chi connectivity index (χ1n) is 5.67. The number of amides is 1. The largest absolute Gasteiger partial charge is 0.496 e. The van der Waals surface area contributed by atoms with E-state index in [2.05, 4.69) is 26.2 Å². The van der Waals surface area contributed by atoms with Gasteiger partial charge in [-0.1, -0.05) is 0 Å². The van der Waals surface area contributed by atoms with Crippen LogP contribution in [-0.2, 0) is 0 Å². The Morgan fingerprint density at radius 2 is 2.11 bits per heavy atom. The molecule has 0 unspecified atom stereocenters. The molecule has 19 heavy (non-hydrogen) atoms. The van der Waals surface area contributed by atoms with Crippen LogP contribution < -0.4 is 10.1 Å². The van der Waals surface area contributed by atoms with Crippen molar-refractivity contribution in [3.8, 4) is 5.75 Å². The quantitative estimate of drug-likeness (QED) is 0.942. The number of hydrogen-bond acceptors (Lipinski definition) is 3. The highest BCUT2D eigenvalue weighted by Crippen LogP contribution is 2.19. The predicted octanol–water partition coefficient (Wildman–Crippen LogP) is 3.41.